The van der Waals surface area contributed by atoms with Gasteiger partial charge in [0.2, 0.25) is 5.28 Å². The zero-order chi connectivity index (χ0) is 66.1. The molecule has 1 aliphatic rings. The van der Waals surface area contributed by atoms with Crippen molar-refractivity contribution in [2.45, 2.75) is 38.9 Å². The summed E-state index contributed by atoms with van der Waals surface area (Å²) in [4.78, 5) is 28.1. The van der Waals surface area contributed by atoms with Gasteiger partial charge in [0, 0.05) is 82.3 Å². The summed E-state index contributed by atoms with van der Waals surface area (Å²) in [6.07, 6.45) is 0. The van der Waals surface area contributed by atoms with Gasteiger partial charge in [-0.15, -0.1) is 0 Å². The average molecular weight is 1290 g/mol. The van der Waals surface area contributed by atoms with Gasteiger partial charge in [0.25, 0.3) is 0 Å². The maximum Gasteiger partial charge on any atom is 0.494 e. The van der Waals surface area contributed by atoms with E-state index in [9.17, 15) is 0 Å². The highest BCUT2D eigenvalue weighted by Gasteiger charge is 2.51. The SMILES string of the molecule is CC1(C)OB(c2cccc(-n3c4ccccc4c4ccccc43)c2)OC1(C)C.Clc1nc(-c2ccccc2)nc(-c2ccc3c(c2)oc2ccccc23)n1.c1ccc(-c2nc(-c3cccc(-n4c5ccccc5c5ccccc54)c3)nc(-c3ccc4c(c3)oc3ccccc34)n2)cc1. The van der Waals surface area contributed by atoms with Crippen molar-refractivity contribution >= 4 is 112 Å². The number of halogens is 1. The number of fused-ring (bicyclic) bond motifs is 12. The van der Waals surface area contributed by atoms with E-state index in [0.29, 0.717) is 29.1 Å². The summed E-state index contributed by atoms with van der Waals surface area (Å²) >= 11 is 6.15. The van der Waals surface area contributed by atoms with E-state index in [1.807, 2.05) is 127 Å². The number of para-hydroxylation sites is 6. The number of rotatable bonds is 8. The van der Waals surface area contributed by atoms with Crippen molar-refractivity contribution in [3.05, 3.63) is 296 Å². The minimum atomic E-state index is -0.363. The van der Waals surface area contributed by atoms with E-state index >= 15 is 0 Å². The fourth-order valence-electron chi connectivity index (χ4n) is 13.3. The monoisotopic (exact) mass is 1290 g/mol. The summed E-state index contributed by atoms with van der Waals surface area (Å²) in [5, 5.41) is 9.46. The highest BCUT2D eigenvalue weighted by molar-refractivity contribution is 6.62. The van der Waals surface area contributed by atoms with Crippen LogP contribution < -0.4 is 5.46 Å². The Balaban J connectivity index is 0.000000116. The maximum atomic E-state index is 6.27. The third kappa shape index (κ3) is 10.9. The fourth-order valence-corrected chi connectivity index (χ4v) is 13.4. The summed E-state index contributed by atoms with van der Waals surface area (Å²) in [6.45, 7) is 8.35. The van der Waals surface area contributed by atoms with Crippen molar-refractivity contribution in [1.82, 2.24) is 39.0 Å². The Morgan fingerprint density at radius 2 is 0.612 bits per heavy atom. The molecule has 0 radical (unpaired) electrons. The van der Waals surface area contributed by atoms with Gasteiger partial charge < -0.3 is 27.3 Å². The Morgan fingerprint density at radius 3 is 1.06 bits per heavy atom. The normalized spacial score (nSPS) is 13.4. The lowest BCUT2D eigenvalue weighted by molar-refractivity contribution is 0.00578. The quantitative estimate of drug-likeness (QED) is 0.135. The molecule has 14 heteroatoms. The second kappa shape index (κ2) is 24.4. The third-order valence-corrected chi connectivity index (χ3v) is 18.9. The predicted molar refractivity (Wildman–Crippen MR) is 397 cm³/mol. The van der Waals surface area contributed by atoms with Crippen LogP contribution in [0, 0.1) is 0 Å². The minimum Gasteiger partial charge on any atom is -0.456 e. The molecule has 470 valence electrons. The fraction of sp³-hybridized carbons (Fsp3) is 0.0714. The van der Waals surface area contributed by atoms with Crippen molar-refractivity contribution in [3.63, 3.8) is 0 Å². The molecule has 12 aromatic carbocycles. The summed E-state index contributed by atoms with van der Waals surface area (Å²) in [6, 6.07) is 99.1. The Morgan fingerprint density at radius 1 is 0.286 bits per heavy atom. The minimum absolute atomic E-state index is 0.165. The van der Waals surface area contributed by atoms with Gasteiger partial charge in [-0.05, 0) is 130 Å². The molecule has 6 aromatic heterocycles. The molecular formula is C84H60BClN8O4. The van der Waals surface area contributed by atoms with Crippen molar-refractivity contribution in [1.29, 1.82) is 0 Å². The molecule has 0 aliphatic carbocycles. The van der Waals surface area contributed by atoms with Crippen LogP contribution in [0.2, 0.25) is 5.28 Å². The smallest absolute Gasteiger partial charge is 0.456 e. The number of hydrogen-bond donors (Lipinski definition) is 0. The highest BCUT2D eigenvalue weighted by atomic mass is 35.5. The van der Waals surface area contributed by atoms with Gasteiger partial charge in [0.1, 0.15) is 22.3 Å². The maximum absolute atomic E-state index is 6.27. The van der Waals surface area contributed by atoms with E-state index in [1.165, 1.54) is 32.6 Å². The molecule has 19 rings (SSSR count). The van der Waals surface area contributed by atoms with Crippen molar-refractivity contribution in [2.24, 2.45) is 0 Å². The lowest BCUT2D eigenvalue weighted by atomic mass is 9.79. The number of furan rings is 2. The second-order valence-corrected chi connectivity index (χ2v) is 25.7. The number of aromatic nitrogens is 8. The largest absolute Gasteiger partial charge is 0.494 e. The summed E-state index contributed by atoms with van der Waals surface area (Å²) in [7, 11) is -0.363. The van der Waals surface area contributed by atoms with E-state index in [4.69, 9.17) is 44.7 Å². The Hall–Kier alpha value is -11.9. The predicted octanol–water partition coefficient (Wildman–Crippen LogP) is 20.7. The van der Waals surface area contributed by atoms with Gasteiger partial charge in [0.05, 0.1) is 33.3 Å². The van der Waals surface area contributed by atoms with Crippen LogP contribution in [0.25, 0.3) is 156 Å². The molecule has 1 aliphatic heterocycles. The van der Waals surface area contributed by atoms with Gasteiger partial charge in [-0.3, -0.25) is 0 Å². The molecule has 7 heterocycles. The van der Waals surface area contributed by atoms with E-state index in [2.05, 4.69) is 216 Å². The zero-order valence-electron chi connectivity index (χ0n) is 53.9. The van der Waals surface area contributed by atoms with Crippen molar-refractivity contribution < 1.29 is 18.1 Å². The number of hydrogen-bond acceptors (Lipinski definition) is 10. The molecule has 0 amide bonds. The van der Waals surface area contributed by atoms with E-state index in [1.54, 1.807) is 0 Å². The second-order valence-electron chi connectivity index (χ2n) is 25.4. The lowest BCUT2D eigenvalue weighted by Crippen LogP contribution is -2.41. The number of benzene rings is 12. The molecule has 12 nitrogen and oxygen atoms in total. The van der Waals surface area contributed by atoms with Crippen LogP contribution in [0.15, 0.2) is 300 Å². The average Bonchev–Trinajstić information content (AvgIpc) is 1.60. The van der Waals surface area contributed by atoms with Crippen LogP contribution in [0.5, 0.6) is 0 Å². The molecule has 0 atom stereocenters. The molecule has 0 N–H and O–H groups in total. The lowest BCUT2D eigenvalue weighted by Gasteiger charge is -2.32. The first-order valence-electron chi connectivity index (χ1n) is 32.6. The third-order valence-electron chi connectivity index (χ3n) is 18.8. The van der Waals surface area contributed by atoms with Crippen LogP contribution in [0.3, 0.4) is 0 Å². The summed E-state index contributed by atoms with van der Waals surface area (Å²) < 4.78 is 29.3. The van der Waals surface area contributed by atoms with E-state index < -0.39 is 0 Å². The number of nitrogens with zero attached hydrogens (tertiary/aromatic N) is 8. The van der Waals surface area contributed by atoms with E-state index in [-0.39, 0.29) is 23.6 Å². The Bertz CT molecular complexity index is 5960. The summed E-state index contributed by atoms with van der Waals surface area (Å²) in [5.74, 6) is 2.90. The Kier molecular flexibility index (Phi) is 14.9. The van der Waals surface area contributed by atoms with Gasteiger partial charge in [-0.1, -0.05) is 206 Å². The molecule has 0 unspecified atom stereocenters. The molecule has 0 bridgehead atoms. The molecule has 18 aromatic rings. The van der Waals surface area contributed by atoms with Crippen LogP contribution in [-0.4, -0.2) is 57.4 Å². The topological polar surface area (TPSA) is 132 Å². The highest BCUT2D eigenvalue weighted by Crippen LogP contribution is 2.40. The van der Waals surface area contributed by atoms with Crippen LogP contribution in [0.1, 0.15) is 27.7 Å². The first-order chi connectivity index (χ1) is 47.9. The van der Waals surface area contributed by atoms with Crippen LogP contribution in [0.4, 0.5) is 0 Å². The molecule has 0 saturated carbocycles. The van der Waals surface area contributed by atoms with Crippen molar-refractivity contribution in [2.75, 3.05) is 0 Å². The van der Waals surface area contributed by atoms with Gasteiger partial charge in [-0.25, -0.2) is 19.9 Å². The molecule has 0 spiro atoms. The molecule has 98 heavy (non-hydrogen) atoms. The first-order valence-corrected chi connectivity index (χ1v) is 33.0. The van der Waals surface area contributed by atoms with Crippen molar-refractivity contribution in [3.8, 4) is 68.3 Å². The van der Waals surface area contributed by atoms with Crippen LogP contribution >= 0.6 is 11.6 Å². The van der Waals surface area contributed by atoms with Gasteiger partial charge in [0.15, 0.2) is 29.1 Å². The summed E-state index contributed by atoms with van der Waals surface area (Å²) in [5.41, 5.74) is 15.0. The van der Waals surface area contributed by atoms with E-state index in [0.717, 1.165) is 99.6 Å². The molecular weight excluding hydrogens is 1230 g/mol. The molecule has 1 fully saturated rings. The standard InChI is InChI=1S/C39H24N4O.C24H24BNO2.C21H12ClN3O/c1-2-11-25(12-3-1)37-40-38(42-39(41-37)27-21-22-32-31-17-6-9-20-35(31)44-36(32)24-27)26-13-10-14-28(23-26)43-33-18-7-4-15-29(33)30-16-5-8-19-34(30)43;1-23(2)24(3,4)28-25(27-23)17-10-9-11-18(16-17)26-21-14-7-5-12-19(21)20-13-6-8-15-22(20)26;22-21-24-19(13-6-2-1-3-7-13)23-20(25-21)14-10-11-16-15-8-4-5-9-17(15)26-18(16)12-14/h1-24H;5-16H,1-4H3;1-12H. The molecule has 1 saturated heterocycles. The first kappa shape index (κ1) is 59.8. The van der Waals surface area contributed by atoms with Gasteiger partial charge >= 0.3 is 7.12 Å². The Labute approximate surface area is 569 Å². The zero-order valence-corrected chi connectivity index (χ0v) is 54.6. The van der Waals surface area contributed by atoms with Gasteiger partial charge in [-0.2, -0.15) is 9.97 Å². The van der Waals surface area contributed by atoms with Crippen LogP contribution in [-0.2, 0) is 9.31 Å².